The quantitative estimate of drug-likeness (QED) is 0.205. The van der Waals surface area contributed by atoms with Crippen LogP contribution in [-0.4, -0.2) is 57.7 Å². The Morgan fingerprint density at radius 1 is 1.55 bits per heavy atom. The number of aromatic nitrogens is 2. The van der Waals surface area contributed by atoms with E-state index in [1.54, 1.807) is 0 Å². The molecule has 4 rings (SSSR count). The van der Waals surface area contributed by atoms with Gasteiger partial charge in [-0.25, -0.2) is 0 Å². The van der Waals surface area contributed by atoms with E-state index >= 15 is 0 Å². The van der Waals surface area contributed by atoms with Crippen molar-refractivity contribution in [2.75, 3.05) is 18.6 Å². The van der Waals surface area contributed by atoms with Crippen LogP contribution >= 0.6 is 23.1 Å². The molecule has 14 heteroatoms. The molecule has 0 spiro atoms. The Balaban J connectivity index is 1.53. The number of anilines is 1. The fourth-order valence-electron chi connectivity index (χ4n) is 3.27. The monoisotopic (exact) mass is 464 g/mol. The van der Waals surface area contributed by atoms with Gasteiger partial charge >= 0.3 is 0 Å². The molecule has 31 heavy (non-hydrogen) atoms. The number of nitrogens with zero attached hydrogens (tertiary/aromatic N) is 4. The summed E-state index contributed by atoms with van der Waals surface area (Å²) in [5.41, 5.74) is 7.46. The van der Waals surface area contributed by atoms with Gasteiger partial charge in [-0.1, -0.05) is 16.5 Å². The topological polar surface area (TPSA) is 167 Å². The van der Waals surface area contributed by atoms with Gasteiger partial charge < -0.3 is 30.2 Å². The second-order valence-corrected chi connectivity index (χ2v) is 8.35. The molecule has 1 fully saturated rings. The maximum Gasteiger partial charge on any atom is 0.292 e. The van der Waals surface area contributed by atoms with Crippen molar-refractivity contribution in [3.8, 4) is 0 Å². The molecule has 0 saturated carbocycles. The van der Waals surface area contributed by atoms with Crippen LogP contribution in [0.4, 0.5) is 6.01 Å². The maximum absolute atomic E-state index is 12.8. The number of nitrogen functional groups attached to an aromatic ring is 1. The Labute approximate surface area is 183 Å². The summed E-state index contributed by atoms with van der Waals surface area (Å²) in [7, 11) is 1.24. The number of carboxylic acids is 1. The number of oxazole rings is 1. The predicted molar refractivity (Wildman–Crippen MR) is 106 cm³/mol. The zero-order valence-corrected chi connectivity index (χ0v) is 17.6. The lowest BCUT2D eigenvalue weighted by atomic mass is 10.0. The molecular formula is C17H16N6O6S2. The smallest absolute Gasteiger partial charge is 0.292 e. The highest BCUT2D eigenvalue weighted by Gasteiger charge is 2.53. The third-order valence-corrected chi connectivity index (χ3v) is 6.60. The van der Waals surface area contributed by atoms with E-state index in [2.05, 4.69) is 20.3 Å². The van der Waals surface area contributed by atoms with Gasteiger partial charge in [-0.2, -0.15) is 9.55 Å². The first kappa shape index (κ1) is 20.9. The third kappa shape index (κ3) is 3.86. The first-order valence-corrected chi connectivity index (χ1v) is 10.8. The molecule has 162 valence electrons. The molecule has 3 N–H and O–H groups in total. The van der Waals surface area contributed by atoms with Crippen molar-refractivity contribution in [1.82, 2.24) is 15.2 Å². The summed E-state index contributed by atoms with van der Waals surface area (Å²) in [6.45, 7) is 0.325. The van der Waals surface area contributed by atoms with Crippen molar-refractivity contribution in [3.63, 3.8) is 0 Å². The first-order chi connectivity index (χ1) is 14.9. The van der Waals surface area contributed by atoms with Gasteiger partial charge in [0.05, 0.1) is 17.0 Å². The Morgan fingerprint density at radius 3 is 2.97 bits per heavy atom. The minimum atomic E-state index is -1.44. The summed E-state index contributed by atoms with van der Waals surface area (Å²) in [6, 6.07) is -1.12. The largest absolute Gasteiger partial charge is 0.543 e. The van der Waals surface area contributed by atoms with Gasteiger partial charge in [0.15, 0.2) is 18.5 Å². The Morgan fingerprint density at radius 2 is 2.35 bits per heavy atom. The predicted octanol–water partition coefficient (Wildman–Crippen LogP) is -1.94. The fourth-order valence-corrected chi connectivity index (χ4v) is 5.20. The molecule has 2 atom stereocenters. The molecule has 4 heterocycles. The number of amides is 2. The molecule has 2 amide bonds. The van der Waals surface area contributed by atoms with Crippen molar-refractivity contribution in [2.24, 2.45) is 5.16 Å². The van der Waals surface area contributed by atoms with E-state index in [0.29, 0.717) is 17.9 Å². The minimum Gasteiger partial charge on any atom is -0.543 e. The minimum absolute atomic E-state index is 0.0298. The van der Waals surface area contributed by atoms with E-state index in [1.165, 1.54) is 30.2 Å². The second kappa shape index (κ2) is 8.39. The number of thioether (sulfide) groups is 1. The maximum atomic E-state index is 12.8. The molecule has 2 aliphatic heterocycles. The number of rotatable bonds is 7. The van der Waals surface area contributed by atoms with Crippen LogP contribution in [-0.2, 0) is 25.8 Å². The van der Waals surface area contributed by atoms with Gasteiger partial charge in [0.1, 0.15) is 30.5 Å². The molecule has 2 aliphatic rings. The van der Waals surface area contributed by atoms with Crippen molar-refractivity contribution in [3.05, 3.63) is 40.3 Å². The van der Waals surface area contributed by atoms with Gasteiger partial charge in [0.2, 0.25) is 5.51 Å². The molecule has 2 aromatic rings. The molecule has 0 unspecified atom stereocenters. The lowest BCUT2D eigenvalue weighted by Crippen LogP contribution is -2.71. The van der Waals surface area contributed by atoms with Crippen molar-refractivity contribution < 1.29 is 33.3 Å². The fraction of sp³-hybridized carbons (Fsp3) is 0.294. The number of oxime groups is 1. The van der Waals surface area contributed by atoms with E-state index in [4.69, 9.17) is 10.2 Å². The van der Waals surface area contributed by atoms with Crippen LogP contribution in [0.25, 0.3) is 0 Å². The summed E-state index contributed by atoms with van der Waals surface area (Å²) in [4.78, 5) is 46.9. The summed E-state index contributed by atoms with van der Waals surface area (Å²) in [6.07, 6.45) is 2.94. The summed E-state index contributed by atoms with van der Waals surface area (Å²) < 4.78 is 6.70. The van der Waals surface area contributed by atoms with Gasteiger partial charge in [0.25, 0.3) is 17.8 Å². The van der Waals surface area contributed by atoms with Crippen LogP contribution in [0.3, 0.4) is 0 Å². The highest BCUT2D eigenvalue weighted by molar-refractivity contribution is 8.00. The average molecular weight is 464 g/mol. The number of thiazole rings is 1. The average Bonchev–Trinajstić information content (AvgIpc) is 3.41. The number of nitrogens with one attached hydrogen (secondary N) is 1. The first-order valence-electron chi connectivity index (χ1n) is 8.83. The molecule has 0 radical (unpaired) electrons. The van der Waals surface area contributed by atoms with Crippen LogP contribution in [0.1, 0.15) is 5.69 Å². The van der Waals surface area contributed by atoms with Crippen LogP contribution in [0, 0.1) is 0 Å². The normalized spacial score (nSPS) is 20.9. The molecule has 0 aliphatic carbocycles. The van der Waals surface area contributed by atoms with E-state index in [0.717, 1.165) is 11.2 Å². The lowest BCUT2D eigenvalue weighted by Gasteiger charge is -2.50. The molecule has 0 aromatic carbocycles. The second-order valence-electron chi connectivity index (χ2n) is 6.49. The van der Waals surface area contributed by atoms with Crippen LogP contribution in [0.5, 0.6) is 0 Å². The number of fused-ring (bicyclic) bond motifs is 1. The molecule has 0 bridgehead atoms. The van der Waals surface area contributed by atoms with Crippen molar-refractivity contribution in [2.45, 2.75) is 18.0 Å². The van der Waals surface area contributed by atoms with E-state index in [1.807, 2.05) is 21.7 Å². The van der Waals surface area contributed by atoms with E-state index in [9.17, 15) is 19.5 Å². The van der Waals surface area contributed by atoms with Crippen LogP contribution in [0.15, 0.2) is 44.2 Å². The van der Waals surface area contributed by atoms with Crippen LogP contribution < -0.4 is 20.7 Å². The van der Waals surface area contributed by atoms with Gasteiger partial charge in [-0.15, -0.1) is 11.8 Å². The summed E-state index contributed by atoms with van der Waals surface area (Å²) >= 11 is 2.82. The lowest BCUT2D eigenvalue weighted by molar-refractivity contribution is -0.684. The number of nitrogens with two attached hydrogens (primary N) is 1. The van der Waals surface area contributed by atoms with Crippen molar-refractivity contribution in [1.29, 1.82) is 0 Å². The molecule has 12 nitrogen and oxygen atoms in total. The SMILES string of the molecule is CO/N=C(\C(=O)N[C@@H]1C(=O)N2C(C(=O)[O-])=C(C[n+]3ccsc3)CS[C@H]12)c1coc(N)n1. The van der Waals surface area contributed by atoms with Gasteiger partial charge in [-0.05, 0) is 0 Å². The van der Waals surface area contributed by atoms with Crippen molar-refractivity contribution >= 4 is 52.6 Å². The molecular weight excluding hydrogens is 448 g/mol. The summed E-state index contributed by atoms with van der Waals surface area (Å²) in [5, 5.41) is 19.3. The highest BCUT2D eigenvalue weighted by atomic mass is 32.2. The Hall–Kier alpha value is -3.39. The van der Waals surface area contributed by atoms with Gasteiger partial charge in [-0.3, -0.25) is 14.5 Å². The highest BCUT2D eigenvalue weighted by Crippen LogP contribution is 2.40. The number of carbonyl (C=O) groups is 3. The Bertz CT molecular complexity index is 1090. The third-order valence-electron chi connectivity index (χ3n) is 4.59. The number of aliphatic carboxylic acids is 1. The zero-order valence-electron chi connectivity index (χ0n) is 16.0. The van der Waals surface area contributed by atoms with E-state index in [-0.39, 0.29) is 23.1 Å². The number of carboxylic acid groups (broad SMARTS) is 1. The number of hydrogen-bond donors (Lipinski definition) is 2. The molecule has 1 saturated heterocycles. The number of carbonyl (C=O) groups excluding carboxylic acids is 3. The molecule has 2 aromatic heterocycles. The Kier molecular flexibility index (Phi) is 5.65. The zero-order chi connectivity index (χ0) is 22.1. The standard InChI is InChI=1S/C17H16N6O6S2/c1-28-21-10(9-5-29-17(18)19-9)13(24)20-11-14(25)23-12(16(26)27)8(6-31-15(11)23)4-22-2-3-30-7-22/h2-3,5,7,11,15H,4,6H2,1H3,(H3-,18,19,20,24,26,27)/b21-10-/t11-,15-/m1/s1. The van der Waals surface area contributed by atoms with Gasteiger partial charge in [0, 0.05) is 11.3 Å². The van der Waals surface area contributed by atoms with Crippen LogP contribution in [0.2, 0.25) is 0 Å². The number of hydrogen-bond acceptors (Lipinski definition) is 11. The number of β-lactam (4-membered cyclic amide) rings is 1. The van der Waals surface area contributed by atoms with E-state index < -0.39 is 29.2 Å². The summed E-state index contributed by atoms with van der Waals surface area (Å²) in [5.74, 6) is -2.37.